The van der Waals surface area contributed by atoms with E-state index in [2.05, 4.69) is 49.3 Å². The highest BCUT2D eigenvalue weighted by atomic mass is 16.7. The van der Waals surface area contributed by atoms with Crippen LogP contribution in [0.2, 0.25) is 0 Å². The zero-order valence-corrected chi connectivity index (χ0v) is 18.2. The summed E-state index contributed by atoms with van der Waals surface area (Å²) in [5, 5.41) is 7.24. The summed E-state index contributed by atoms with van der Waals surface area (Å²) >= 11 is 0. The Labute approximate surface area is 187 Å². The number of benzene rings is 1. The van der Waals surface area contributed by atoms with Crippen LogP contribution in [0.5, 0.6) is 5.75 Å². The molecule has 168 valence electrons. The van der Waals surface area contributed by atoms with Crippen LogP contribution in [-0.4, -0.2) is 64.3 Å². The Balaban J connectivity index is 1.29. The highest BCUT2D eigenvalue weighted by Gasteiger charge is 2.25. The second-order valence-corrected chi connectivity index (χ2v) is 8.34. The van der Waals surface area contributed by atoms with Crippen molar-refractivity contribution < 1.29 is 14.2 Å². The van der Waals surface area contributed by atoms with Crippen LogP contribution >= 0.6 is 0 Å². The largest absolute Gasteiger partial charge is 0.493 e. The van der Waals surface area contributed by atoms with Crippen molar-refractivity contribution in [2.45, 2.75) is 38.0 Å². The number of rotatable bonds is 8. The maximum absolute atomic E-state index is 6.21. The van der Waals surface area contributed by atoms with Gasteiger partial charge in [-0.3, -0.25) is 10.00 Å². The minimum Gasteiger partial charge on any atom is -0.493 e. The van der Waals surface area contributed by atoms with Gasteiger partial charge < -0.3 is 14.2 Å². The van der Waals surface area contributed by atoms with Crippen LogP contribution in [0.3, 0.4) is 0 Å². The highest BCUT2D eigenvalue weighted by molar-refractivity contribution is 5.64. The van der Waals surface area contributed by atoms with Gasteiger partial charge in [0.15, 0.2) is 6.29 Å². The Morgan fingerprint density at radius 2 is 1.97 bits per heavy atom. The maximum atomic E-state index is 6.21. The summed E-state index contributed by atoms with van der Waals surface area (Å²) in [6.45, 7) is 4.96. The van der Waals surface area contributed by atoms with Gasteiger partial charge in [0.1, 0.15) is 12.1 Å². The standard InChI is InChI=1S/C24H29N5O3/c1-9-31-24(32-10-1)6-11-30-23-3-2-18(21-13-25-17-26-14-21)12-20(23)16-29-8-5-19(15-29)22-4-7-27-28-22/h2-4,7,12-14,17,19,24H,1,5-6,8-11,15-16H2,(H,27,28). The summed E-state index contributed by atoms with van der Waals surface area (Å²) in [5.74, 6) is 1.40. The molecule has 2 fully saturated rings. The summed E-state index contributed by atoms with van der Waals surface area (Å²) in [4.78, 5) is 10.8. The fraction of sp³-hybridized carbons (Fsp3) is 0.458. The summed E-state index contributed by atoms with van der Waals surface area (Å²) in [6.07, 6.45) is 9.71. The van der Waals surface area contributed by atoms with E-state index >= 15 is 0 Å². The van der Waals surface area contributed by atoms with E-state index in [4.69, 9.17) is 14.2 Å². The predicted octanol–water partition coefficient (Wildman–Crippen LogP) is 3.39. The van der Waals surface area contributed by atoms with Gasteiger partial charge in [-0.1, -0.05) is 6.07 Å². The molecule has 2 aliphatic rings. The van der Waals surface area contributed by atoms with E-state index in [0.717, 1.165) is 69.0 Å². The van der Waals surface area contributed by atoms with Crippen LogP contribution in [0.25, 0.3) is 11.1 Å². The minimum atomic E-state index is -0.165. The maximum Gasteiger partial charge on any atom is 0.160 e. The molecule has 32 heavy (non-hydrogen) atoms. The molecule has 0 amide bonds. The third kappa shape index (κ3) is 5.15. The number of ether oxygens (including phenoxy) is 3. The van der Waals surface area contributed by atoms with Gasteiger partial charge in [-0.15, -0.1) is 0 Å². The molecule has 2 aliphatic heterocycles. The number of aromatic nitrogens is 4. The third-order valence-corrected chi connectivity index (χ3v) is 6.09. The fourth-order valence-electron chi connectivity index (χ4n) is 4.40. The first-order valence-electron chi connectivity index (χ1n) is 11.3. The van der Waals surface area contributed by atoms with Crippen molar-refractivity contribution >= 4 is 0 Å². The average Bonchev–Trinajstić information content (AvgIpc) is 3.54. The molecule has 1 aromatic carbocycles. The number of H-pyrrole nitrogens is 1. The lowest BCUT2D eigenvalue weighted by atomic mass is 10.0. The van der Waals surface area contributed by atoms with Gasteiger partial charge in [0.2, 0.25) is 0 Å². The zero-order valence-electron chi connectivity index (χ0n) is 18.2. The van der Waals surface area contributed by atoms with Gasteiger partial charge in [0.05, 0.1) is 19.8 Å². The number of nitrogens with one attached hydrogen (secondary N) is 1. The smallest absolute Gasteiger partial charge is 0.160 e. The molecule has 0 bridgehead atoms. The number of hydrogen-bond acceptors (Lipinski definition) is 7. The normalized spacial score (nSPS) is 19.9. The molecule has 1 unspecified atom stereocenters. The van der Waals surface area contributed by atoms with Crippen molar-refractivity contribution in [2.75, 3.05) is 32.9 Å². The summed E-state index contributed by atoms with van der Waals surface area (Å²) in [6, 6.07) is 8.41. The molecule has 2 aromatic heterocycles. The molecule has 1 N–H and O–H groups in total. The highest BCUT2D eigenvalue weighted by Crippen LogP contribution is 2.31. The van der Waals surface area contributed by atoms with Gasteiger partial charge in [0, 0.05) is 60.8 Å². The summed E-state index contributed by atoms with van der Waals surface area (Å²) < 4.78 is 17.5. The number of aromatic amines is 1. The predicted molar refractivity (Wildman–Crippen MR) is 119 cm³/mol. The lowest BCUT2D eigenvalue weighted by molar-refractivity contribution is -0.183. The van der Waals surface area contributed by atoms with Crippen LogP contribution in [-0.2, 0) is 16.0 Å². The van der Waals surface area contributed by atoms with Crippen LogP contribution < -0.4 is 4.74 Å². The topological polar surface area (TPSA) is 85.4 Å². The Morgan fingerprint density at radius 1 is 1.09 bits per heavy atom. The summed E-state index contributed by atoms with van der Waals surface area (Å²) in [5.41, 5.74) is 4.48. The molecule has 2 saturated heterocycles. The Bertz CT molecular complexity index is 977. The second kappa shape index (κ2) is 10.2. The molecule has 0 aliphatic carbocycles. The van der Waals surface area contributed by atoms with Crippen LogP contribution in [0, 0.1) is 0 Å². The number of hydrogen-bond donors (Lipinski definition) is 1. The molecule has 5 rings (SSSR count). The molecule has 8 heteroatoms. The Morgan fingerprint density at radius 3 is 2.78 bits per heavy atom. The molecular weight excluding hydrogens is 406 g/mol. The monoisotopic (exact) mass is 435 g/mol. The molecule has 0 spiro atoms. The van der Waals surface area contributed by atoms with E-state index in [1.54, 1.807) is 6.33 Å². The molecule has 8 nitrogen and oxygen atoms in total. The van der Waals surface area contributed by atoms with Crippen molar-refractivity contribution in [3.63, 3.8) is 0 Å². The Kier molecular flexibility index (Phi) is 6.72. The fourth-order valence-corrected chi connectivity index (χ4v) is 4.40. The summed E-state index contributed by atoms with van der Waals surface area (Å²) in [7, 11) is 0. The van der Waals surface area contributed by atoms with E-state index in [9.17, 15) is 0 Å². The zero-order chi connectivity index (χ0) is 21.6. The van der Waals surface area contributed by atoms with Gasteiger partial charge in [-0.05, 0) is 43.1 Å². The van der Waals surface area contributed by atoms with Gasteiger partial charge in [-0.2, -0.15) is 5.10 Å². The van der Waals surface area contributed by atoms with Crippen LogP contribution in [0.4, 0.5) is 0 Å². The Hall–Kier alpha value is -2.81. The first kappa shape index (κ1) is 21.1. The third-order valence-electron chi connectivity index (χ3n) is 6.09. The van der Waals surface area contributed by atoms with E-state index in [1.165, 1.54) is 11.3 Å². The molecule has 0 radical (unpaired) electrons. The number of likely N-dealkylation sites (tertiary alicyclic amines) is 1. The van der Waals surface area contributed by atoms with Gasteiger partial charge >= 0.3 is 0 Å². The van der Waals surface area contributed by atoms with Gasteiger partial charge in [-0.25, -0.2) is 9.97 Å². The molecule has 4 heterocycles. The average molecular weight is 436 g/mol. The van der Waals surface area contributed by atoms with Crippen molar-refractivity contribution in [2.24, 2.45) is 0 Å². The number of nitrogens with zero attached hydrogens (tertiary/aromatic N) is 4. The first-order chi connectivity index (χ1) is 15.8. The van der Waals surface area contributed by atoms with Crippen molar-refractivity contribution in [3.05, 3.63) is 60.4 Å². The molecular formula is C24H29N5O3. The van der Waals surface area contributed by atoms with E-state index in [1.807, 2.05) is 18.6 Å². The van der Waals surface area contributed by atoms with E-state index in [-0.39, 0.29) is 6.29 Å². The van der Waals surface area contributed by atoms with Crippen molar-refractivity contribution in [1.29, 1.82) is 0 Å². The molecule has 3 aromatic rings. The lowest BCUT2D eigenvalue weighted by Gasteiger charge is -2.24. The lowest BCUT2D eigenvalue weighted by Crippen LogP contribution is -2.26. The van der Waals surface area contributed by atoms with Crippen LogP contribution in [0.1, 0.15) is 36.4 Å². The SMILES string of the molecule is c1ncc(-c2ccc(OCCC3OCCCO3)c(CN3CCC(c4ccn[nH]4)C3)c2)cn1. The molecule has 1 atom stereocenters. The first-order valence-corrected chi connectivity index (χ1v) is 11.3. The quantitative estimate of drug-likeness (QED) is 0.580. The van der Waals surface area contributed by atoms with E-state index in [0.29, 0.717) is 12.5 Å². The van der Waals surface area contributed by atoms with E-state index < -0.39 is 0 Å². The minimum absolute atomic E-state index is 0.165. The van der Waals surface area contributed by atoms with Gasteiger partial charge in [0.25, 0.3) is 0 Å². The van der Waals surface area contributed by atoms with Crippen molar-refractivity contribution in [3.8, 4) is 16.9 Å². The second-order valence-electron chi connectivity index (χ2n) is 8.34. The van der Waals surface area contributed by atoms with Crippen LogP contribution in [0.15, 0.2) is 49.2 Å². The van der Waals surface area contributed by atoms with Crippen molar-refractivity contribution in [1.82, 2.24) is 25.1 Å². The molecule has 0 saturated carbocycles.